The van der Waals surface area contributed by atoms with Gasteiger partial charge in [-0.15, -0.1) is 0 Å². The third-order valence-electron chi connectivity index (χ3n) is 6.07. The van der Waals surface area contributed by atoms with Crippen molar-refractivity contribution < 1.29 is 4.79 Å². The van der Waals surface area contributed by atoms with Crippen LogP contribution in [0, 0.1) is 5.92 Å². The molecule has 2 aromatic rings. The van der Waals surface area contributed by atoms with Gasteiger partial charge in [-0.3, -0.25) is 9.48 Å². The van der Waals surface area contributed by atoms with Crippen molar-refractivity contribution in [2.75, 3.05) is 0 Å². The Hall–Kier alpha value is -2.10. The highest BCUT2D eigenvalue weighted by molar-refractivity contribution is 5.95. The van der Waals surface area contributed by atoms with E-state index in [1.54, 1.807) is 6.20 Å². The standard InChI is InChI=1S/C22H29N3O/c1-2-17-6-10-20(11-7-17)25(21-12-13-21)22(26)19-8-4-18(5-9-19)16-24-15-3-14-23-24/h3-5,8-9,14-15,17,20-21H,2,6-7,10-13,16H2,1H3. The van der Waals surface area contributed by atoms with Gasteiger partial charge in [0, 0.05) is 30.0 Å². The maximum Gasteiger partial charge on any atom is 0.254 e. The van der Waals surface area contributed by atoms with Crippen LogP contribution in [0.2, 0.25) is 0 Å². The van der Waals surface area contributed by atoms with Gasteiger partial charge in [-0.1, -0.05) is 25.5 Å². The summed E-state index contributed by atoms with van der Waals surface area (Å²) in [5.74, 6) is 1.10. The Labute approximate surface area is 156 Å². The Kier molecular flexibility index (Phi) is 5.09. The molecule has 2 aliphatic rings. The molecule has 0 atom stereocenters. The molecule has 0 spiro atoms. The molecule has 26 heavy (non-hydrogen) atoms. The summed E-state index contributed by atoms with van der Waals surface area (Å²) in [6, 6.07) is 11.0. The maximum absolute atomic E-state index is 13.2. The molecule has 2 fully saturated rings. The van der Waals surface area contributed by atoms with Crippen molar-refractivity contribution in [1.29, 1.82) is 0 Å². The molecule has 4 nitrogen and oxygen atoms in total. The molecular formula is C22H29N3O. The van der Waals surface area contributed by atoms with Crippen molar-refractivity contribution in [1.82, 2.24) is 14.7 Å². The number of aromatic nitrogens is 2. The van der Waals surface area contributed by atoms with Gasteiger partial charge < -0.3 is 4.90 Å². The van der Waals surface area contributed by atoms with Gasteiger partial charge in [-0.05, 0) is 68.2 Å². The molecule has 0 radical (unpaired) electrons. The Balaban J connectivity index is 1.44. The second kappa shape index (κ2) is 7.65. The van der Waals surface area contributed by atoms with Gasteiger partial charge in [0.05, 0.1) is 6.54 Å². The van der Waals surface area contributed by atoms with E-state index in [0.29, 0.717) is 12.1 Å². The second-order valence-electron chi connectivity index (χ2n) is 7.93. The zero-order valence-electron chi connectivity index (χ0n) is 15.7. The van der Waals surface area contributed by atoms with Crippen LogP contribution >= 0.6 is 0 Å². The minimum absolute atomic E-state index is 0.234. The number of carbonyl (C=O) groups is 1. The highest BCUT2D eigenvalue weighted by Crippen LogP contribution is 2.37. The summed E-state index contributed by atoms with van der Waals surface area (Å²) >= 11 is 0. The van der Waals surface area contributed by atoms with E-state index < -0.39 is 0 Å². The van der Waals surface area contributed by atoms with Gasteiger partial charge in [-0.2, -0.15) is 5.10 Å². The number of benzene rings is 1. The van der Waals surface area contributed by atoms with Crippen molar-refractivity contribution in [3.63, 3.8) is 0 Å². The zero-order chi connectivity index (χ0) is 17.9. The van der Waals surface area contributed by atoms with E-state index in [0.717, 1.165) is 18.0 Å². The average molecular weight is 351 g/mol. The summed E-state index contributed by atoms with van der Waals surface area (Å²) in [6.07, 6.45) is 12.3. The van der Waals surface area contributed by atoms with Gasteiger partial charge in [0.15, 0.2) is 0 Å². The van der Waals surface area contributed by atoms with Crippen LogP contribution in [0.1, 0.15) is 67.8 Å². The first kappa shape index (κ1) is 17.3. The molecule has 0 unspecified atom stereocenters. The van der Waals surface area contributed by atoms with E-state index in [9.17, 15) is 4.79 Å². The number of nitrogens with zero attached hydrogens (tertiary/aromatic N) is 3. The SMILES string of the molecule is CCC1CCC(N(C(=O)c2ccc(Cn3cccn3)cc2)C2CC2)CC1. The van der Waals surface area contributed by atoms with E-state index in [1.807, 2.05) is 29.1 Å². The molecule has 1 heterocycles. The van der Waals surface area contributed by atoms with Crippen LogP contribution in [0.25, 0.3) is 0 Å². The highest BCUT2D eigenvalue weighted by atomic mass is 16.2. The first-order valence-corrected chi connectivity index (χ1v) is 10.1. The van der Waals surface area contributed by atoms with Gasteiger partial charge >= 0.3 is 0 Å². The average Bonchev–Trinajstić information content (AvgIpc) is 3.38. The quantitative estimate of drug-likeness (QED) is 0.768. The van der Waals surface area contributed by atoms with Crippen molar-refractivity contribution in [3.8, 4) is 0 Å². The van der Waals surface area contributed by atoms with Gasteiger partial charge in [0.25, 0.3) is 5.91 Å². The van der Waals surface area contributed by atoms with Crippen LogP contribution in [-0.2, 0) is 6.54 Å². The summed E-state index contributed by atoms with van der Waals surface area (Å²) in [4.78, 5) is 15.4. The first-order chi connectivity index (χ1) is 12.7. The minimum atomic E-state index is 0.234. The molecule has 4 heteroatoms. The second-order valence-corrected chi connectivity index (χ2v) is 7.93. The van der Waals surface area contributed by atoms with E-state index in [-0.39, 0.29) is 5.91 Å². The molecule has 1 aromatic carbocycles. The molecule has 138 valence electrons. The predicted octanol–water partition coefficient (Wildman–Crippen LogP) is 4.50. The van der Waals surface area contributed by atoms with Gasteiger partial charge in [0.1, 0.15) is 0 Å². The van der Waals surface area contributed by atoms with Gasteiger partial charge in [0.2, 0.25) is 0 Å². The van der Waals surface area contributed by atoms with E-state index in [2.05, 4.69) is 29.1 Å². The monoisotopic (exact) mass is 351 g/mol. The molecule has 0 N–H and O–H groups in total. The van der Waals surface area contributed by atoms with Gasteiger partial charge in [-0.25, -0.2) is 0 Å². The van der Waals surface area contributed by atoms with Crippen LogP contribution in [0.3, 0.4) is 0 Å². The predicted molar refractivity (Wildman–Crippen MR) is 103 cm³/mol. The molecule has 0 bridgehead atoms. The largest absolute Gasteiger partial charge is 0.333 e. The molecule has 1 amide bonds. The van der Waals surface area contributed by atoms with Crippen LogP contribution in [0.15, 0.2) is 42.7 Å². The fraction of sp³-hybridized carbons (Fsp3) is 0.545. The van der Waals surface area contributed by atoms with Crippen LogP contribution in [0.4, 0.5) is 0 Å². The Bertz CT molecular complexity index is 710. The summed E-state index contributed by atoms with van der Waals surface area (Å²) in [7, 11) is 0. The Morgan fingerprint density at radius 1 is 1.08 bits per heavy atom. The molecule has 0 aliphatic heterocycles. The summed E-state index contributed by atoms with van der Waals surface area (Å²) in [5, 5.41) is 4.24. The fourth-order valence-electron chi connectivity index (χ4n) is 4.30. The normalized spacial score (nSPS) is 23.0. The van der Waals surface area contributed by atoms with Crippen molar-refractivity contribution >= 4 is 5.91 Å². The van der Waals surface area contributed by atoms with Crippen molar-refractivity contribution in [2.24, 2.45) is 5.92 Å². The van der Waals surface area contributed by atoms with E-state index in [4.69, 9.17) is 0 Å². The van der Waals surface area contributed by atoms with Crippen LogP contribution < -0.4 is 0 Å². The highest BCUT2D eigenvalue weighted by Gasteiger charge is 2.38. The number of hydrogen-bond acceptors (Lipinski definition) is 2. The smallest absolute Gasteiger partial charge is 0.254 e. The minimum Gasteiger partial charge on any atom is -0.333 e. The number of hydrogen-bond donors (Lipinski definition) is 0. The lowest BCUT2D eigenvalue weighted by Gasteiger charge is -2.37. The number of rotatable bonds is 6. The first-order valence-electron chi connectivity index (χ1n) is 10.1. The van der Waals surface area contributed by atoms with Crippen molar-refractivity contribution in [2.45, 2.75) is 70.5 Å². The third kappa shape index (κ3) is 3.84. The molecule has 0 saturated heterocycles. The lowest BCUT2D eigenvalue weighted by atomic mass is 9.83. The maximum atomic E-state index is 13.2. The zero-order valence-corrected chi connectivity index (χ0v) is 15.7. The summed E-state index contributed by atoms with van der Waals surface area (Å²) in [6.45, 7) is 3.04. The number of carbonyl (C=O) groups excluding carboxylic acids is 1. The topological polar surface area (TPSA) is 38.1 Å². The number of amides is 1. The molecule has 2 saturated carbocycles. The lowest BCUT2D eigenvalue weighted by molar-refractivity contribution is 0.0587. The van der Waals surface area contributed by atoms with E-state index in [1.165, 1.54) is 50.5 Å². The third-order valence-corrected chi connectivity index (χ3v) is 6.07. The van der Waals surface area contributed by atoms with E-state index >= 15 is 0 Å². The van der Waals surface area contributed by atoms with Crippen LogP contribution in [-0.4, -0.2) is 32.7 Å². The Morgan fingerprint density at radius 2 is 1.73 bits per heavy atom. The molecule has 2 aliphatic carbocycles. The molecular weight excluding hydrogens is 322 g/mol. The fourth-order valence-corrected chi connectivity index (χ4v) is 4.30. The van der Waals surface area contributed by atoms with Crippen molar-refractivity contribution in [3.05, 3.63) is 53.9 Å². The summed E-state index contributed by atoms with van der Waals surface area (Å²) in [5.41, 5.74) is 2.01. The lowest BCUT2D eigenvalue weighted by Crippen LogP contribution is -2.43. The molecule has 1 aromatic heterocycles. The summed E-state index contributed by atoms with van der Waals surface area (Å²) < 4.78 is 1.90. The molecule has 4 rings (SSSR count). The van der Waals surface area contributed by atoms with Crippen LogP contribution in [0.5, 0.6) is 0 Å². The Morgan fingerprint density at radius 3 is 2.27 bits per heavy atom.